The van der Waals surface area contributed by atoms with Gasteiger partial charge in [-0.1, -0.05) is 76.1 Å². The van der Waals surface area contributed by atoms with Gasteiger partial charge in [0.1, 0.15) is 18.4 Å². The van der Waals surface area contributed by atoms with Crippen LogP contribution in [0.1, 0.15) is 23.6 Å². The summed E-state index contributed by atoms with van der Waals surface area (Å²) in [6.07, 6.45) is 0.197. The number of aryl methyl sites for hydroxylation is 1. The van der Waals surface area contributed by atoms with Crippen molar-refractivity contribution < 1.29 is 22.4 Å². The fourth-order valence-electron chi connectivity index (χ4n) is 4.61. The maximum Gasteiger partial charge on any atom is 0.264 e. The second-order valence-corrected chi connectivity index (χ2v) is 12.8. The van der Waals surface area contributed by atoms with Crippen molar-refractivity contribution in [2.75, 3.05) is 17.4 Å². The Kier molecular flexibility index (Phi) is 10.7. The number of carbonyl (C=O) groups excluding carboxylic acids is 2. The molecule has 0 aliphatic carbocycles. The van der Waals surface area contributed by atoms with Gasteiger partial charge >= 0.3 is 0 Å². The van der Waals surface area contributed by atoms with Crippen LogP contribution in [0.3, 0.4) is 0 Å². The summed E-state index contributed by atoms with van der Waals surface area (Å²) in [5.74, 6) is -1.40. The van der Waals surface area contributed by atoms with E-state index in [4.69, 9.17) is 0 Å². The number of hydrogen-bond donors (Lipinski definition) is 1. The van der Waals surface area contributed by atoms with Crippen LogP contribution in [0.4, 0.5) is 10.1 Å². The molecule has 0 bridgehead atoms. The maximum atomic E-state index is 14.3. The van der Waals surface area contributed by atoms with Gasteiger partial charge in [0.15, 0.2) is 0 Å². The molecule has 0 aliphatic heterocycles. The van der Waals surface area contributed by atoms with E-state index < -0.39 is 34.3 Å². The molecule has 0 heterocycles. The van der Waals surface area contributed by atoms with Gasteiger partial charge in [-0.3, -0.25) is 13.9 Å². The predicted octanol–water partition coefficient (Wildman–Crippen LogP) is 5.87. The number of benzene rings is 4. The third kappa shape index (κ3) is 8.30. The third-order valence-electron chi connectivity index (χ3n) is 6.89. The molecule has 1 unspecified atom stereocenters. The number of rotatable bonds is 12. The van der Waals surface area contributed by atoms with E-state index in [9.17, 15) is 22.4 Å². The van der Waals surface area contributed by atoms with Crippen LogP contribution in [0.5, 0.6) is 0 Å². The van der Waals surface area contributed by atoms with Gasteiger partial charge in [-0.05, 0) is 73.5 Å². The summed E-state index contributed by atoms with van der Waals surface area (Å²) < 4.78 is 43.5. The Hall–Kier alpha value is -4.02. The topological polar surface area (TPSA) is 86.8 Å². The van der Waals surface area contributed by atoms with E-state index in [2.05, 4.69) is 21.2 Å². The van der Waals surface area contributed by atoms with E-state index in [1.807, 2.05) is 37.3 Å². The van der Waals surface area contributed by atoms with E-state index >= 15 is 0 Å². The maximum absolute atomic E-state index is 14.3. The zero-order valence-electron chi connectivity index (χ0n) is 23.9. The Bertz CT molecular complexity index is 1630. The average Bonchev–Trinajstić information content (AvgIpc) is 3.00. The highest BCUT2D eigenvalue weighted by Crippen LogP contribution is 2.27. The van der Waals surface area contributed by atoms with Crippen molar-refractivity contribution in [3.05, 3.63) is 130 Å². The number of anilines is 1. The molecule has 0 aromatic heterocycles. The van der Waals surface area contributed by atoms with Crippen molar-refractivity contribution >= 4 is 43.5 Å². The first-order valence-corrected chi connectivity index (χ1v) is 16.0. The normalized spacial score (nSPS) is 11.9. The summed E-state index contributed by atoms with van der Waals surface area (Å²) in [6, 6.07) is 27.0. The molecule has 10 heteroatoms. The minimum Gasteiger partial charge on any atom is -0.355 e. The molecule has 0 saturated heterocycles. The van der Waals surface area contributed by atoms with Crippen LogP contribution in [0.25, 0.3) is 0 Å². The molecule has 1 atom stereocenters. The predicted molar refractivity (Wildman–Crippen MR) is 169 cm³/mol. The Morgan fingerprint density at radius 2 is 1.49 bits per heavy atom. The van der Waals surface area contributed by atoms with E-state index in [0.29, 0.717) is 12.1 Å². The number of amides is 2. The van der Waals surface area contributed by atoms with Crippen LogP contribution in [-0.2, 0) is 32.6 Å². The SMILES string of the molecule is CCNC(=O)C(Cc1ccccc1)N(Cc1ccc(F)cc1)C(=O)CN(c1ccc(Br)cc1)S(=O)(=O)c1ccc(C)cc1. The first-order chi connectivity index (χ1) is 20.6. The van der Waals surface area contributed by atoms with E-state index in [1.54, 1.807) is 55.5 Å². The minimum atomic E-state index is -4.19. The highest BCUT2D eigenvalue weighted by Gasteiger charge is 2.34. The van der Waals surface area contributed by atoms with Crippen LogP contribution in [-0.4, -0.2) is 44.3 Å². The zero-order chi connectivity index (χ0) is 31.0. The van der Waals surface area contributed by atoms with Gasteiger partial charge in [-0.2, -0.15) is 0 Å². The van der Waals surface area contributed by atoms with Crippen LogP contribution in [0, 0.1) is 12.7 Å². The van der Waals surface area contributed by atoms with Gasteiger partial charge in [-0.25, -0.2) is 12.8 Å². The summed E-state index contributed by atoms with van der Waals surface area (Å²) in [5.41, 5.74) is 2.60. The van der Waals surface area contributed by atoms with Gasteiger partial charge in [0, 0.05) is 24.0 Å². The first-order valence-electron chi connectivity index (χ1n) is 13.8. The van der Waals surface area contributed by atoms with Crippen molar-refractivity contribution in [1.82, 2.24) is 10.2 Å². The quantitative estimate of drug-likeness (QED) is 0.205. The average molecular weight is 667 g/mol. The molecule has 0 spiro atoms. The van der Waals surface area contributed by atoms with Gasteiger partial charge in [0.25, 0.3) is 10.0 Å². The Balaban J connectivity index is 1.78. The molecule has 2 amide bonds. The number of sulfonamides is 1. The standard InChI is InChI=1S/C33H33BrFN3O4S/c1-3-36-33(40)31(21-25-7-5-4-6-8-25)37(22-26-11-15-28(35)16-12-26)32(39)23-38(29-17-13-27(34)14-18-29)43(41,42)30-19-9-24(2)10-20-30/h4-20,31H,3,21-23H2,1-2H3,(H,36,40). The third-order valence-corrected chi connectivity index (χ3v) is 9.21. The highest BCUT2D eigenvalue weighted by atomic mass is 79.9. The molecule has 0 fully saturated rings. The molecular formula is C33H33BrFN3O4S. The summed E-state index contributed by atoms with van der Waals surface area (Å²) in [5, 5.41) is 2.82. The molecule has 0 aliphatic rings. The lowest BCUT2D eigenvalue weighted by atomic mass is 10.0. The van der Waals surface area contributed by atoms with Crippen LogP contribution in [0.15, 0.2) is 112 Å². The van der Waals surface area contributed by atoms with E-state index in [-0.39, 0.29) is 29.5 Å². The van der Waals surface area contributed by atoms with Crippen molar-refractivity contribution in [3.8, 4) is 0 Å². The second kappa shape index (κ2) is 14.4. The molecule has 4 aromatic rings. The van der Waals surface area contributed by atoms with Crippen molar-refractivity contribution in [2.24, 2.45) is 0 Å². The minimum absolute atomic E-state index is 0.0310. The van der Waals surface area contributed by atoms with Crippen molar-refractivity contribution in [3.63, 3.8) is 0 Å². The van der Waals surface area contributed by atoms with Gasteiger partial charge < -0.3 is 10.2 Å². The Labute approximate surface area is 260 Å². The number of hydrogen-bond acceptors (Lipinski definition) is 4. The molecule has 43 heavy (non-hydrogen) atoms. The zero-order valence-corrected chi connectivity index (χ0v) is 26.3. The van der Waals surface area contributed by atoms with Crippen LogP contribution < -0.4 is 9.62 Å². The lowest BCUT2D eigenvalue weighted by Gasteiger charge is -2.33. The highest BCUT2D eigenvalue weighted by molar-refractivity contribution is 9.10. The van der Waals surface area contributed by atoms with E-state index in [0.717, 1.165) is 19.9 Å². The van der Waals surface area contributed by atoms with Crippen molar-refractivity contribution in [1.29, 1.82) is 0 Å². The largest absolute Gasteiger partial charge is 0.355 e. The van der Waals surface area contributed by atoms with Gasteiger partial charge in [0.05, 0.1) is 10.6 Å². The molecule has 1 N–H and O–H groups in total. The van der Waals surface area contributed by atoms with Crippen LogP contribution >= 0.6 is 15.9 Å². The summed E-state index contributed by atoms with van der Waals surface area (Å²) in [6.45, 7) is 3.38. The fourth-order valence-corrected chi connectivity index (χ4v) is 6.28. The fraction of sp³-hybridized carbons (Fsp3) is 0.212. The molecular weight excluding hydrogens is 633 g/mol. The van der Waals surface area contributed by atoms with Gasteiger partial charge in [-0.15, -0.1) is 0 Å². The molecule has 4 rings (SSSR count). The second-order valence-electron chi connectivity index (χ2n) is 10.0. The van der Waals surface area contributed by atoms with Crippen LogP contribution in [0.2, 0.25) is 0 Å². The van der Waals surface area contributed by atoms with Gasteiger partial charge in [0.2, 0.25) is 11.8 Å². The summed E-state index contributed by atoms with van der Waals surface area (Å²) in [4.78, 5) is 29.2. The smallest absolute Gasteiger partial charge is 0.264 e. The molecule has 0 saturated carbocycles. The summed E-state index contributed by atoms with van der Waals surface area (Å²) >= 11 is 3.38. The molecule has 224 valence electrons. The van der Waals surface area contributed by atoms with Crippen molar-refractivity contribution in [2.45, 2.75) is 37.8 Å². The van der Waals surface area contributed by atoms with E-state index in [1.165, 1.54) is 29.2 Å². The number of nitrogens with zero attached hydrogens (tertiary/aromatic N) is 2. The number of carbonyl (C=O) groups is 2. The Morgan fingerprint density at radius 3 is 2.09 bits per heavy atom. The number of nitrogens with one attached hydrogen (secondary N) is 1. The monoisotopic (exact) mass is 665 g/mol. The lowest BCUT2D eigenvalue weighted by molar-refractivity contribution is -0.140. The molecule has 7 nitrogen and oxygen atoms in total. The molecule has 0 radical (unpaired) electrons. The Morgan fingerprint density at radius 1 is 0.860 bits per heavy atom. The first kappa shape index (κ1) is 31.9. The molecule has 4 aromatic carbocycles. The number of likely N-dealkylation sites (N-methyl/N-ethyl adjacent to an activating group) is 1. The lowest BCUT2D eigenvalue weighted by Crippen LogP contribution is -2.53. The number of halogens is 2. The summed E-state index contributed by atoms with van der Waals surface area (Å²) in [7, 11) is -4.19.